The number of para-hydroxylation sites is 1. The van der Waals surface area contributed by atoms with E-state index in [4.69, 9.17) is 17.0 Å². The molecule has 1 N–H and O–H groups in total. The number of imidazole rings is 1. The lowest BCUT2D eigenvalue weighted by Crippen LogP contribution is -2.06. The summed E-state index contributed by atoms with van der Waals surface area (Å²) in [6, 6.07) is 12.3. The molecule has 3 aromatic rings. The maximum absolute atomic E-state index is 13.1. The summed E-state index contributed by atoms with van der Waals surface area (Å²) >= 11 is 5.44. The predicted molar refractivity (Wildman–Crippen MR) is 83.9 cm³/mol. The zero-order valence-electron chi connectivity index (χ0n) is 11.8. The Hall–Kier alpha value is -2.14. The van der Waals surface area contributed by atoms with Crippen LogP contribution in [0.2, 0.25) is 0 Å². The van der Waals surface area contributed by atoms with Gasteiger partial charge in [0.2, 0.25) is 0 Å². The number of rotatable bonds is 3. The number of benzene rings is 2. The molecule has 1 heterocycles. The zero-order valence-corrected chi connectivity index (χ0v) is 12.6. The molecule has 1 atom stereocenters. The number of aromatic nitrogens is 2. The third kappa shape index (κ3) is 2.34. The molecule has 0 aliphatic carbocycles. The van der Waals surface area contributed by atoms with E-state index in [1.807, 2.05) is 29.7 Å². The van der Waals surface area contributed by atoms with Gasteiger partial charge in [-0.3, -0.25) is 0 Å². The Balaban J connectivity index is 2.18. The van der Waals surface area contributed by atoms with Crippen LogP contribution in [0.5, 0.6) is 5.75 Å². The number of nitrogens with one attached hydrogen (secondary N) is 1. The molecule has 5 heteroatoms. The summed E-state index contributed by atoms with van der Waals surface area (Å²) in [6.45, 7) is 2.04. The third-order valence-electron chi connectivity index (χ3n) is 3.67. The molecule has 0 bridgehead atoms. The van der Waals surface area contributed by atoms with Crippen LogP contribution in [0.1, 0.15) is 18.5 Å². The highest BCUT2D eigenvalue weighted by Gasteiger charge is 2.15. The summed E-state index contributed by atoms with van der Waals surface area (Å²) in [5.41, 5.74) is 2.84. The van der Waals surface area contributed by atoms with E-state index in [9.17, 15) is 4.39 Å². The molecule has 0 saturated heterocycles. The number of nitrogens with zero attached hydrogens (tertiary/aromatic N) is 1. The van der Waals surface area contributed by atoms with Gasteiger partial charge in [-0.1, -0.05) is 18.2 Å². The molecule has 21 heavy (non-hydrogen) atoms. The van der Waals surface area contributed by atoms with Crippen LogP contribution in [-0.2, 0) is 0 Å². The number of hydrogen-bond donors (Lipinski definition) is 1. The summed E-state index contributed by atoms with van der Waals surface area (Å²) in [5, 5.41) is 0. The Labute approximate surface area is 127 Å². The van der Waals surface area contributed by atoms with Crippen molar-refractivity contribution >= 4 is 23.3 Å². The first-order chi connectivity index (χ1) is 10.1. The smallest absolute Gasteiger partial charge is 0.178 e. The van der Waals surface area contributed by atoms with E-state index in [2.05, 4.69) is 4.98 Å². The van der Waals surface area contributed by atoms with Gasteiger partial charge >= 0.3 is 0 Å². The van der Waals surface area contributed by atoms with E-state index in [0.29, 0.717) is 4.77 Å². The highest BCUT2D eigenvalue weighted by Crippen LogP contribution is 2.29. The molecule has 0 fully saturated rings. The lowest BCUT2D eigenvalue weighted by atomic mass is 10.1. The van der Waals surface area contributed by atoms with E-state index in [1.54, 1.807) is 19.2 Å². The topological polar surface area (TPSA) is 29.9 Å². The van der Waals surface area contributed by atoms with Gasteiger partial charge in [0, 0.05) is 0 Å². The maximum Gasteiger partial charge on any atom is 0.178 e. The quantitative estimate of drug-likeness (QED) is 0.724. The Morgan fingerprint density at radius 1 is 1.19 bits per heavy atom. The lowest BCUT2D eigenvalue weighted by Gasteiger charge is -2.15. The second kappa shape index (κ2) is 5.33. The first-order valence-corrected chi connectivity index (χ1v) is 7.05. The molecule has 0 spiro atoms. The van der Waals surface area contributed by atoms with Crippen molar-refractivity contribution in [3.05, 3.63) is 58.6 Å². The summed E-state index contributed by atoms with van der Waals surface area (Å²) in [4.78, 5) is 3.19. The van der Waals surface area contributed by atoms with Crippen molar-refractivity contribution in [2.24, 2.45) is 0 Å². The van der Waals surface area contributed by atoms with Crippen LogP contribution >= 0.6 is 12.2 Å². The van der Waals surface area contributed by atoms with Crippen molar-refractivity contribution in [2.75, 3.05) is 7.11 Å². The molecule has 2 aromatic carbocycles. The van der Waals surface area contributed by atoms with Crippen LogP contribution in [0.4, 0.5) is 4.39 Å². The monoisotopic (exact) mass is 302 g/mol. The van der Waals surface area contributed by atoms with E-state index in [0.717, 1.165) is 22.3 Å². The van der Waals surface area contributed by atoms with E-state index in [1.165, 1.54) is 12.1 Å². The van der Waals surface area contributed by atoms with Crippen molar-refractivity contribution in [3.8, 4) is 5.75 Å². The first kappa shape index (κ1) is 13.8. The number of methoxy groups -OCH3 is 1. The fraction of sp³-hybridized carbons (Fsp3) is 0.188. The minimum absolute atomic E-state index is 0.000967. The Morgan fingerprint density at radius 3 is 2.57 bits per heavy atom. The highest BCUT2D eigenvalue weighted by molar-refractivity contribution is 7.71. The van der Waals surface area contributed by atoms with Crippen molar-refractivity contribution in [3.63, 3.8) is 0 Å². The van der Waals surface area contributed by atoms with Gasteiger partial charge in [0.1, 0.15) is 17.1 Å². The summed E-state index contributed by atoms with van der Waals surface area (Å²) in [6.07, 6.45) is 0. The number of halogens is 1. The van der Waals surface area contributed by atoms with Crippen LogP contribution in [-0.4, -0.2) is 16.7 Å². The molecule has 0 aliphatic heterocycles. The van der Waals surface area contributed by atoms with Gasteiger partial charge in [0.25, 0.3) is 0 Å². The SMILES string of the molecule is COc1cccc2c1[nH]c(=S)n2C(C)c1ccc(F)cc1. The van der Waals surface area contributed by atoms with Crippen molar-refractivity contribution in [2.45, 2.75) is 13.0 Å². The second-order valence-electron chi connectivity index (χ2n) is 4.88. The molecule has 0 aliphatic rings. The molecule has 1 unspecified atom stereocenters. The molecule has 0 amide bonds. The molecule has 0 saturated carbocycles. The normalized spacial score (nSPS) is 12.5. The summed E-state index contributed by atoms with van der Waals surface area (Å²) in [7, 11) is 1.63. The molecular formula is C16H15FN2OS. The van der Waals surface area contributed by atoms with E-state index < -0.39 is 0 Å². The standard InChI is InChI=1S/C16H15FN2OS/c1-10(11-6-8-12(17)9-7-11)19-13-4-3-5-14(20-2)15(13)18-16(19)21/h3-10H,1-2H3,(H,18,21). The van der Waals surface area contributed by atoms with Gasteiger partial charge in [0.15, 0.2) is 4.77 Å². The van der Waals surface area contributed by atoms with Crippen molar-refractivity contribution in [1.29, 1.82) is 0 Å². The highest BCUT2D eigenvalue weighted by atomic mass is 32.1. The molecular weight excluding hydrogens is 287 g/mol. The van der Waals surface area contributed by atoms with E-state index in [-0.39, 0.29) is 11.9 Å². The zero-order chi connectivity index (χ0) is 15.0. The molecule has 1 aromatic heterocycles. The first-order valence-electron chi connectivity index (χ1n) is 6.64. The van der Waals surface area contributed by atoms with Gasteiger partial charge in [-0.15, -0.1) is 0 Å². The summed E-state index contributed by atoms with van der Waals surface area (Å²) < 4.78 is 21.1. The molecule has 108 valence electrons. The third-order valence-corrected chi connectivity index (χ3v) is 3.97. The van der Waals surface area contributed by atoms with Gasteiger partial charge in [-0.25, -0.2) is 4.39 Å². The molecule has 0 radical (unpaired) electrons. The van der Waals surface area contributed by atoms with Gasteiger partial charge in [-0.2, -0.15) is 0 Å². The van der Waals surface area contributed by atoms with Crippen LogP contribution in [0.15, 0.2) is 42.5 Å². The number of aromatic amines is 1. The van der Waals surface area contributed by atoms with Crippen LogP contribution < -0.4 is 4.74 Å². The van der Waals surface area contributed by atoms with E-state index >= 15 is 0 Å². The number of H-pyrrole nitrogens is 1. The number of fused-ring (bicyclic) bond motifs is 1. The number of hydrogen-bond acceptors (Lipinski definition) is 2. The molecule has 3 rings (SSSR count). The average Bonchev–Trinajstić information content (AvgIpc) is 2.83. The van der Waals surface area contributed by atoms with Crippen LogP contribution in [0, 0.1) is 10.6 Å². The average molecular weight is 302 g/mol. The summed E-state index contributed by atoms with van der Waals surface area (Å²) in [5.74, 6) is 0.513. The number of ether oxygens (including phenoxy) is 1. The second-order valence-corrected chi connectivity index (χ2v) is 5.27. The van der Waals surface area contributed by atoms with Gasteiger partial charge in [-0.05, 0) is 49.0 Å². The Bertz CT molecular complexity index is 836. The Morgan fingerprint density at radius 2 is 1.90 bits per heavy atom. The van der Waals surface area contributed by atoms with Crippen molar-refractivity contribution in [1.82, 2.24) is 9.55 Å². The van der Waals surface area contributed by atoms with Gasteiger partial charge in [0.05, 0.1) is 18.7 Å². The minimum Gasteiger partial charge on any atom is -0.494 e. The molecule has 3 nitrogen and oxygen atoms in total. The lowest BCUT2D eigenvalue weighted by molar-refractivity contribution is 0.419. The van der Waals surface area contributed by atoms with Crippen molar-refractivity contribution < 1.29 is 9.13 Å². The van der Waals surface area contributed by atoms with Gasteiger partial charge < -0.3 is 14.3 Å². The Kier molecular flexibility index (Phi) is 3.51. The fourth-order valence-electron chi connectivity index (χ4n) is 2.57. The predicted octanol–water partition coefficient (Wildman–Crippen LogP) is 4.46. The van der Waals surface area contributed by atoms with Crippen LogP contribution in [0.3, 0.4) is 0 Å². The minimum atomic E-state index is -0.241. The fourth-order valence-corrected chi connectivity index (χ4v) is 2.93. The van der Waals surface area contributed by atoms with Crippen LogP contribution in [0.25, 0.3) is 11.0 Å². The largest absolute Gasteiger partial charge is 0.494 e. The maximum atomic E-state index is 13.1.